The van der Waals surface area contributed by atoms with Crippen molar-refractivity contribution in [2.24, 2.45) is 5.73 Å². The van der Waals surface area contributed by atoms with Gasteiger partial charge >= 0.3 is 0 Å². The molecule has 0 saturated heterocycles. The number of H-pyrrole nitrogens is 1. The molecule has 1 heterocycles. The second-order valence-electron chi connectivity index (χ2n) is 10.1. The maximum absolute atomic E-state index is 13.7. The van der Waals surface area contributed by atoms with Crippen LogP contribution in [0.3, 0.4) is 0 Å². The molecular formula is C32H36N8O3. The summed E-state index contributed by atoms with van der Waals surface area (Å²) >= 11 is 0. The number of carbonyl (C=O) groups is 2. The highest BCUT2D eigenvalue weighted by Gasteiger charge is 2.19. The molecule has 2 amide bonds. The number of pyridine rings is 1. The second kappa shape index (κ2) is 14.0. The number of hydrazine groups is 1. The third-order valence-electron chi connectivity index (χ3n) is 6.86. The predicted octanol–water partition coefficient (Wildman–Crippen LogP) is 2.98. The summed E-state index contributed by atoms with van der Waals surface area (Å²) in [6, 6.07) is 21.4. The monoisotopic (exact) mass is 580 g/mol. The fourth-order valence-corrected chi connectivity index (χ4v) is 4.40. The van der Waals surface area contributed by atoms with Crippen molar-refractivity contribution < 1.29 is 9.59 Å². The fraction of sp³-hybridized carbons (Fsp3) is 0.188. The van der Waals surface area contributed by atoms with Crippen LogP contribution in [0.25, 0.3) is 11.3 Å². The molecule has 1 aromatic heterocycles. The molecule has 3 aromatic carbocycles. The van der Waals surface area contributed by atoms with Gasteiger partial charge in [-0.05, 0) is 29.3 Å². The minimum absolute atomic E-state index is 0.0390. The molecule has 43 heavy (non-hydrogen) atoms. The second-order valence-corrected chi connectivity index (χ2v) is 10.1. The predicted molar refractivity (Wildman–Crippen MR) is 169 cm³/mol. The molecular weight excluding hydrogens is 544 g/mol. The van der Waals surface area contributed by atoms with Crippen LogP contribution >= 0.6 is 0 Å². The number of nitrogens with two attached hydrogens (primary N) is 2. The maximum Gasteiger partial charge on any atom is 0.251 e. The molecule has 0 aliphatic rings. The molecule has 0 bridgehead atoms. The Hall–Kier alpha value is -5.42. The lowest BCUT2D eigenvalue weighted by molar-refractivity contribution is -0.120. The third kappa shape index (κ3) is 8.08. The summed E-state index contributed by atoms with van der Waals surface area (Å²) in [4.78, 5) is 43.0. The molecule has 0 fully saturated rings. The minimum Gasteiger partial charge on any atom is -0.399 e. The van der Waals surface area contributed by atoms with Gasteiger partial charge in [-0.3, -0.25) is 19.8 Å². The van der Waals surface area contributed by atoms with E-state index in [2.05, 4.69) is 21.0 Å². The number of carbonyl (C=O) groups excluding carboxylic acids is 2. The molecule has 4 rings (SSSR count). The lowest BCUT2D eigenvalue weighted by atomic mass is 9.99. The van der Waals surface area contributed by atoms with E-state index in [1.165, 1.54) is 0 Å². The van der Waals surface area contributed by atoms with Crippen LogP contribution in [-0.4, -0.2) is 41.2 Å². The third-order valence-corrected chi connectivity index (χ3v) is 6.86. The van der Waals surface area contributed by atoms with Crippen LogP contribution in [0.4, 0.5) is 11.4 Å². The summed E-state index contributed by atoms with van der Waals surface area (Å²) in [5, 5.41) is 15.0. The van der Waals surface area contributed by atoms with E-state index in [0.717, 1.165) is 11.1 Å². The van der Waals surface area contributed by atoms with Gasteiger partial charge in [0, 0.05) is 60.8 Å². The first-order valence-electron chi connectivity index (χ1n) is 13.8. The fourth-order valence-electron chi connectivity index (χ4n) is 4.40. The van der Waals surface area contributed by atoms with E-state index in [0.29, 0.717) is 41.2 Å². The number of rotatable bonds is 12. The van der Waals surface area contributed by atoms with Crippen molar-refractivity contribution in [2.75, 3.05) is 24.8 Å². The number of hydrogen-bond acceptors (Lipinski definition) is 7. The molecule has 0 radical (unpaired) electrons. The average Bonchev–Trinajstić information content (AvgIpc) is 3.01. The van der Waals surface area contributed by atoms with E-state index in [1.807, 2.05) is 37.3 Å². The molecule has 0 unspecified atom stereocenters. The molecule has 11 heteroatoms. The first kappa shape index (κ1) is 30.5. The number of hydrogen-bond donors (Lipinski definition) is 7. The van der Waals surface area contributed by atoms with Crippen molar-refractivity contribution in [2.45, 2.75) is 26.4 Å². The zero-order valence-electron chi connectivity index (χ0n) is 24.2. The smallest absolute Gasteiger partial charge is 0.251 e. The molecule has 0 atom stereocenters. The summed E-state index contributed by atoms with van der Waals surface area (Å²) in [5.74, 6) is -0.728. The van der Waals surface area contributed by atoms with Crippen molar-refractivity contribution in [1.82, 2.24) is 20.6 Å². The number of nitrogens with one attached hydrogen (secondary N) is 5. The Morgan fingerprint density at radius 1 is 0.930 bits per heavy atom. The van der Waals surface area contributed by atoms with E-state index < -0.39 is 0 Å². The van der Waals surface area contributed by atoms with Gasteiger partial charge in [0.2, 0.25) is 11.3 Å². The zero-order chi connectivity index (χ0) is 30.9. The van der Waals surface area contributed by atoms with Gasteiger partial charge in [0.15, 0.2) is 0 Å². The summed E-state index contributed by atoms with van der Waals surface area (Å²) in [6.45, 7) is 3.14. The molecule has 0 aliphatic carbocycles. The van der Waals surface area contributed by atoms with Crippen LogP contribution in [0.5, 0.6) is 0 Å². The minimum atomic E-state index is -0.367. The highest BCUT2D eigenvalue weighted by molar-refractivity contribution is 5.97. The molecule has 0 spiro atoms. The van der Waals surface area contributed by atoms with Gasteiger partial charge < -0.3 is 32.5 Å². The lowest BCUT2D eigenvalue weighted by Crippen LogP contribution is -2.31. The van der Waals surface area contributed by atoms with E-state index in [4.69, 9.17) is 16.9 Å². The normalized spacial score (nSPS) is 10.8. The first-order valence-corrected chi connectivity index (χ1v) is 13.8. The summed E-state index contributed by atoms with van der Waals surface area (Å²) in [5.41, 5.74) is 18.8. The van der Waals surface area contributed by atoms with Crippen LogP contribution < -0.4 is 33.0 Å². The van der Waals surface area contributed by atoms with Crippen molar-refractivity contribution in [3.63, 3.8) is 0 Å². The molecule has 0 aliphatic heterocycles. The van der Waals surface area contributed by atoms with Crippen LogP contribution in [0, 0.1) is 5.41 Å². The number of amidine groups is 1. The SMILES string of the molecule is CCN(C)Nc1c[nH]c(-c2cc(N)cc(C(=O)NCc3ccccc3)c2)c(CC(=O)NCc2ccc(C(=N)N)cc2)c1=O. The number of aromatic amines is 1. The Morgan fingerprint density at radius 2 is 1.60 bits per heavy atom. The number of benzene rings is 3. The summed E-state index contributed by atoms with van der Waals surface area (Å²) in [7, 11) is 1.80. The molecule has 9 N–H and O–H groups in total. The van der Waals surface area contributed by atoms with Gasteiger partial charge in [-0.15, -0.1) is 0 Å². The van der Waals surface area contributed by atoms with E-state index in [1.54, 1.807) is 60.7 Å². The van der Waals surface area contributed by atoms with Gasteiger partial charge in [0.05, 0.1) is 12.1 Å². The average molecular weight is 581 g/mol. The van der Waals surface area contributed by atoms with Gasteiger partial charge in [-0.1, -0.05) is 61.5 Å². The van der Waals surface area contributed by atoms with E-state index >= 15 is 0 Å². The number of amides is 2. The largest absolute Gasteiger partial charge is 0.399 e. The van der Waals surface area contributed by atoms with Crippen molar-refractivity contribution >= 4 is 29.0 Å². The first-order chi connectivity index (χ1) is 20.6. The van der Waals surface area contributed by atoms with Crippen LogP contribution in [0.2, 0.25) is 0 Å². The van der Waals surface area contributed by atoms with E-state index in [-0.39, 0.29) is 47.3 Å². The van der Waals surface area contributed by atoms with Gasteiger partial charge in [-0.2, -0.15) is 0 Å². The van der Waals surface area contributed by atoms with Gasteiger partial charge in [0.1, 0.15) is 11.5 Å². The van der Waals surface area contributed by atoms with E-state index in [9.17, 15) is 14.4 Å². The zero-order valence-corrected chi connectivity index (χ0v) is 24.2. The molecule has 0 saturated carbocycles. The standard InChI is InChI=1S/C32H36N8O3/c1-3-40(2)39-27-19-37-29(23-13-24(15-25(33)14-23)32(43)38-18-20-7-5-4-6-8-20)26(30(27)42)16-28(41)36-17-21-9-11-22(12-10-21)31(34)35/h4-15,19,39H,3,16-18,33H2,1-2H3,(H3,34,35)(H,36,41)(H,37,42)(H,38,43). The number of nitrogen functional groups attached to an aromatic ring is 2. The molecule has 4 aromatic rings. The van der Waals surface area contributed by atoms with Crippen LogP contribution in [0.15, 0.2) is 83.8 Å². The van der Waals surface area contributed by atoms with Crippen molar-refractivity contribution in [3.05, 3.63) is 117 Å². The summed E-state index contributed by atoms with van der Waals surface area (Å²) in [6.07, 6.45) is 1.33. The van der Waals surface area contributed by atoms with Crippen molar-refractivity contribution in [1.29, 1.82) is 5.41 Å². The lowest BCUT2D eigenvalue weighted by Gasteiger charge is -2.19. The van der Waals surface area contributed by atoms with Gasteiger partial charge in [0.25, 0.3) is 5.91 Å². The summed E-state index contributed by atoms with van der Waals surface area (Å²) < 4.78 is 0. The number of anilines is 2. The van der Waals surface area contributed by atoms with Crippen LogP contribution in [-0.2, 0) is 24.3 Å². The topological polar surface area (TPSA) is 182 Å². The Bertz CT molecular complexity index is 1670. The van der Waals surface area contributed by atoms with Crippen LogP contribution in [0.1, 0.15) is 39.5 Å². The Morgan fingerprint density at radius 3 is 2.28 bits per heavy atom. The quantitative estimate of drug-likeness (QED) is 0.0582. The van der Waals surface area contributed by atoms with Crippen molar-refractivity contribution in [3.8, 4) is 11.3 Å². The molecule has 222 valence electrons. The Labute approximate surface area is 249 Å². The maximum atomic E-state index is 13.7. The number of nitrogens with zero attached hydrogens (tertiary/aromatic N) is 1. The van der Waals surface area contributed by atoms with Gasteiger partial charge in [-0.25, -0.2) is 5.01 Å². The molecule has 11 nitrogen and oxygen atoms in total. The number of aromatic nitrogens is 1. The Balaban J connectivity index is 1.61. The Kier molecular flexibility index (Phi) is 9.92. The highest BCUT2D eigenvalue weighted by Crippen LogP contribution is 2.25. The highest BCUT2D eigenvalue weighted by atomic mass is 16.2.